The number of methoxy groups -OCH3 is 1. The molecule has 4 nitrogen and oxygen atoms in total. The van der Waals surface area contributed by atoms with E-state index in [1.165, 1.54) is 12.8 Å². The molecule has 0 aromatic heterocycles. The SMILES string of the molecule is COc1ccc(CNC2CCN(C)CC2)cc1O. The van der Waals surface area contributed by atoms with Crippen LogP contribution in [-0.2, 0) is 6.54 Å². The number of phenols is 1. The van der Waals surface area contributed by atoms with Gasteiger partial charge >= 0.3 is 0 Å². The molecule has 2 rings (SSSR count). The van der Waals surface area contributed by atoms with Gasteiger partial charge in [-0.2, -0.15) is 0 Å². The summed E-state index contributed by atoms with van der Waals surface area (Å²) in [6, 6.07) is 6.15. The van der Waals surface area contributed by atoms with Crippen LogP contribution in [0.25, 0.3) is 0 Å². The highest BCUT2D eigenvalue weighted by atomic mass is 16.5. The molecule has 1 aromatic carbocycles. The zero-order valence-corrected chi connectivity index (χ0v) is 11.1. The van der Waals surface area contributed by atoms with E-state index in [0.717, 1.165) is 25.2 Å². The van der Waals surface area contributed by atoms with E-state index >= 15 is 0 Å². The summed E-state index contributed by atoms with van der Waals surface area (Å²) >= 11 is 0. The Hall–Kier alpha value is -1.26. The average Bonchev–Trinajstić information content (AvgIpc) is 2.38. The summed E-state index contributed by atoms with van der Waals surface area (Å²) in [5.74, 6) is 0.734. The Kier molecular flexibility index (Phi) is 4.44. The molecule has 0 amide bonds. The maximum Gasteiger partial charge on any atom is 0.160 e. The summed E-state index contributed by atoms with van der Waals surface area (Å²) < 4.78 is 5.03. The van der Waals surface area contributed by atoms with Crippen molar-refractivity contribution in [3.05, 3.63) is 23.8 Å². The summed E-state index contributed by atoms with van der Waals surface area (Å²) in [6.45, 7) is 3.11. The van der Waals surface area contributed by atoms with E-state index in [9.17, 15) is 5.11 Å². The Balaban J connectivity index is 1.84. The summed E-state index contributed by atoms with van der Waals surface area (Å²) in [5, 5.41) is 13.2. The van der Waals surface area contributed by atoms with Crippen molar-refractivity contribution >= 4 is 0 Å². The van der Waals surface area contributed by atoms with E-state index in [1.807, 2.05) is 6.07 Å². The Morgan fingerprint density at radius 2 is 2.11 bits per heavy atom. The lowest BCUT2D eigenvalue weighted by Crippen LogP contribution is -2.40. The number of likely N-dealkylation sites (tertiary alicyclic amines) is 1. The van der Waals surface area contributed by atoms with Gasteiger partial charge in [0, 0.05) is 12.6 Å². The van der Waals surface area contributed by atoms with Crippen molar-refractivity contribution in [1.29, 1.82) is 0 Å². The van der Waals surface area contributed by atoms with Crippen molar-refractivity contribution in [2.75, 3.05) is 27.2 Å². The molecule has 0 unspecified atom stereocenters. The molecule has 1 fully saturated rings. The van der Waals surface area contributed by atoms with Gasteiger partial charge in [-0.05, 0) is 50.7 Å². The number of rotatable bonds is 4. The third-order valence-corrected chi connectivity index (χ3v) is 3.56. The van der Waals surface area contributed by atoms with Gasteiger partial charge in [-0.1, -0.05) is 6.07 Å². The fourth-order valence-corrected chi connectivity index (χ4v) is 2.32. The molecule has 1 aliphatic heterocycles. The summed E-state index contributed by atoms with van der Waals surface area (Å²) in [5.41, 5.74) is 1.09. The second kappa shape index (κ2) is 6.07. The minimum absolute atomic E-state index is 0.208. The van der Waals surface area contributed by atoms with Crippen molar-refractivity contribution in [2.24, 2.45) is 0 Å². The molecule has 0 aliphatic carbocycles. The number of phenolic OH excluding ortho intramolecular Hbond substituents is 1. The van der Waals surface area contributed by atoms with Gasteiger partial charge in [0.15, 0.2) is 11.5 Å². The number of hydrogen-bond acceptors (Lipinski definition) is 4. The van der Waals surface area contributed by atoms with Crippen LogP contribution in [0.3, 0.4) is 0 Å². The normalized spacial score (nSPS) is 17.9. The number of ether oxygens (including phenoxy) is 1. The molecule has 1 heterocycles. The molecule has 4 heteroatoms. The highest BCUT2D eigenvalue weighted by Crippen LogP contribution is 2.26. The number of nitrogens with zero attached hydrogens (tertiary/aromatic N) is 1. The minimum Gasteiger partial charge on any atom is -0.504 e. The minimum atomic E-state index is 0.208. The van der Waals surface area contributed by atoms with Crippen LogP contribution in [0.15, 0.2) is 18.2 Å². The quantitative estimate of drug-likeness (QED) is 0.851. The molecule has 0 radical (unpaired) electrons. The average molecular weight is 250 g/mol. The van der Waals surface area contributed by atoms with Crippen LogP contribution < -0.4 is 10.1 Å². The first-order valence-electron chi connectivity index (χ1n) is 6.47. The van der Waals surface area contributed by atoms with Crippen molar-refractivity contribution in [2.45, 2.75) is 25.4 Å². The predicted molar refractivity (Wildman–Crippen MR) is 72.0 cm³/mol. The third-order valence-electron chi connectivity index (χ3n) is 3.56. The highest BCUT2D eigenvalue weighted by molar-refractivity contribution is 5.41. The second-order valence-electron chi connectivity index (χ2n) is 4.96. The highest BCUT2D eigenvalue weighted by Gasteiger charge is 2.15. The first-order chi connectivity index (χ1) is 8.69. The van der Waals surface area contributed by atoms with E-state index in [-0.39, 0.29) is 5.75 Å². The van der Waals surface area contributed by atoms with Crippen molar-refractivity contribution < 1.29 is 9.84 Å². The van der Waals surface area contributed by atoms with Gasteiger partial charge in [0.25, 0.3) is 0 Å². The Labute approximate surface area is 109 Å². The van der Waals surface area contributed by atoms with Crippen LogP contribution in [-0.4, -0.2) is 43.3 Å². The summed E-state index contributed by atoms with van der Waals surface area (Å²) in [4.78, 5) is 2.36. The van der Waals surface area contributed by atoms with Crippen LogP contribution in [0.2, 0.25) is 0 Å². The number of hydrogen-bond donors (Lipinski definition) is 2. The molecular formula is C14H22N2O2. The molecule has 1 aliphatic rings. The van der Waals surface area contributed by atoms with Crippen LogP contribution in [0.1, 0.15) is 18.4 Å². The maximum absolute atomic E-state index is 9.70. The largest absolute Gasteiger partial charge is 0.504 e. The van der Waals surface area contributed by atoms with E-state index < -0.39 is 0 Å². The van der Waals surface area contributed by atoms with E-state index in [2.05, 4.69) is 17.3 Å². The van der Waals surface area contributed by atoms with Crippen LogP contribution in [0, 0.1) is 0 Å². The Morgan fingerprint density at radius 3 is 2.72 bits per heavy atom. The topological polar surface area (TPSA) is 44.7 Å². The van der Waals surface area contributed by atoms with E-state index in [1.54, 1.807) is 19.2 Å². The Bertz CT molecular complexity index is 387. The molecule has 2 N–H and O–H groups in total. The standard InChI is InChI=1S/C14H22N2O2/c1-16-7-5-12(6-8-16)15-10-11-3-4-14(18-2)13(17)9-11/h3-4,9,12,15,17H,5-8,10H2,1-2H3. The van der Waals surface area contributed by atoms with Gasteiger partial charge in [-0.3, -0.25) is 0 Å². The zero-order chi connectivity index (χ0) is 13.0. The van der Waals surface area contributed by atoms with Crippen LogP contribution in [0.5, 0.6) is 11.5 Å². The maximum atomic E-state index is 9.70. The first kappa shape index (κ1) is 13.2. The van der Waals surface area contributed by atoms with E-state index in [4.69, 9.17) is 4.74 Å². The summed E-state index contributed by atoms with van der Waals surface area (Å²) in [6.07, 6.45) is 2.39. The van der Waals surface area contributed by atoms with Gasteiger partial charge < -0.3 is 20.1 Å². The lowest BCUT2D eigenvalue weighted by molar-refractivity contribution is 0.234. The van der Waals surface area contributed by atoms with E-state index in [0.29, 0.717) is 11.8 Å². The Morgan fingerprint density at radius 1 is 1.39 bits per heavy atom. The van der Waals surface area contributed by atoms with Gasteiger partial charge in [-0.15, -0.1) is 0 Å². The number of nitrogens with one attached hydrogen (secondary N) is 1. The van der Waals surface area contributed by atoms with Crippen LogP contribution >= 0.6 is 0 Å². The van der Waals surface area contributed by atoms with Crippen molar-refractivity contribution in [3.63, 3.8) is 0 Å². The van der Waals surface area contributed by atoms with Crippen molar-refractivity contribution in [3.8, 4) is 11.5 Å². The van der Waals surface area contributed by atoms with Crippen LogP contribution in [0.4, 0.5) is 0 Å². The number of piperidine rings is 1. The lowest BCUT2D eigenvalue weighted by Gasteiger charge is -2.29. The fourth-order valence-electron chi connectivity index (χ4n) is 2.32. The molecule has 100 valence electrons. The zero-order valence-electron chi connectivity index (χ0n) is 11.1. The van der Waals surface area contributed by atoms with Gasteiger partial charge in [0.2, 0.25) is 0 Å². The molecule has 18 heavy (non-hydrogen) atoms. The second-order valence-corrected chi connectivity index (χ2v) is 4.96. The molecule has 1 aromatic rings. The number of aromatic hydroxyl groups is 1. The first-order valence-corrected chi connectivity index (χ1v) is 6.47. The molecular weight excluding hydrogens is 228 g/mol. The van der Waals surface area contributed by atoms with Gasteiger partial charge in [0.05, 0.1) is 7.11 Å². The monoisotopic (exact) mass is 250 g/mol. The van der Waals surface area contributed by atoms with Crippen molar-refractivity contribution in [1.82, 2.24) is 10.2 Å². The molecule has 0 spiro atoms. The molecule has 0 saturated carbocycles. The fraction of sp³-hybridized carbons (Fsp3) is 0.571. The number of benzene rings is 1. The third kappa shape index (κ3) is 3.37. The van der Waals surface area contributed by atoms with Gasteiger partial charge in [0.1, 0.15) is 0 Å². The molecule has 1 saturated heterocycles. The van der Waals surface area contributed by atoms with Gasteiger partial charge in [-0.25, -0.2) is 0 Å². The molecule has 0 atom stereocenters. The summed E-state index contributed by atoms with van der Waals surface area (Å²) in [7, 11) is 3.73. The molecule has 0 bridgehead atoms. The predicted octanol–water partition coefficient (Wildman–Crippen LogP) is 1.58. The smallest absolute Gasteiger partial charge is 0.160 e. The lowest BCUT2D eigenvalue weighted by atomic mass is 10.1.